The molecule has 0 amide bonds. The summed E-state index contributed by atoms with van der Waals surface area (Å²) in [4.78, 5) is 8.46. The van der Waals surface area contributed by atoms with Crippen LogP contribution < -0.4 is 10.2 Å². The molecule has 3 rings (SSSR count). The Labute approximate surface area is 179 Å². The Balaban J connectivity index is 1.68. The van der Waals surface area contributed by atoms with E-state index in [0.717, 1.165) is 36.9 Å². The molecule has 6 heteroatoms. The van der Waals surface area contributed by atoms with E-state index in [1.54, 1.807) is 0 Å². The Kier molecular flexibility index (Phi) is 7.25. The SMILES string of the molecule is Cc1cccc(NC(=S)N(CCCn2ccnc2)Cc2ccc(N(C)C)cc2)c1. The number of hydrogen-bond acceptors (Lipinski definition) is 3. The number of aryl methyl sites for hydroxylation is 2. The van der Waals surface area contributed by atoms with Crippen molar-refractivity contribution in [2.75, 3.05) is 30.9 Å². The fourth-order valence-corrected chi connectivity index (χ4v) is 3.43. The number of nitrogens with one attached hydrogen (secondary N) is 1. The van der Waals surface area contributed by atoms with E-state index in [0.29, 0.717) is 0 Å². The molecule has 0 saturated heterocycles. The molecule has 152 valence electrons. The second-order valence-corrected chi connectivity index (χ2v) is 7.82. The van der Waals surface area contributed by atoms with Crippen molar-refractivity contribution in [1.29, 1.82) is 0 Å². The van der Waals surface area contributed by atoms with Gasteiger partial charge in [-0.15, -0.1) is 0 Å². The second kappa shape index (κ2) is 10.1. The second-order valence-electron chi connectivity index (χ2n) is 7.44. The number of rotatable bonds is 8. The molecule has 2 aromatic carbocycles. The Morgan fingerprint density at radius 3 is 2.59 bits per heavy atom. The van der Waals surface area contributed by atoms with Crippen molar-refractivity contribution in [3.63, 3.8) is 0 Å². The number of anilines is 2. The number of nitrogens with zero attached hydrogens (tertiary/aromatic N) is 4. The van der Waals surface area contributed by atoms with Gasteiger partial charge < -0.3 is 19.7 Å². The van der Waals surface area contributed by atoms with Crippen molar-refractivity contribution in [3.8, 4) is 0 Å². The van der Waals surface area contributed by atoms with E-state index in [2.05, 4.69) is 88.2 Å². The van der Waals surface area contributed by atoms with E-state index >= 15 is 0 Å². The maximum Gasteiger partial charge on any atom is 0.173 e. The summed E-state index contributed by atoms with van der Waals surface area (Å²) in [5.74, 6) is 0. The first-order valence-electron chi connectivity index (χ1n) is 9.86. The molecule has 0 unspecified atom stereocenters. The molecule has 0 radical (unpaired) electrons. The van der Waals surface area contributed by atoms with Crippen LogP contribution in [0.1, 0.15) is 17.5 Å². The monoisotopic (exact) mass is 407 g/mol. The lowest BCUT2D eigenvalue weighted by Gasteiger charge is -2.26. The lowest BCUT2D eigenvalue weighted by atomic mass is 10.2. The zero-order chi connectivity index (χ0) is 20.6. The van der Waals surface area contributed by atoms with Gasteiger partial charge in [-0.1, -0.05) is 24.3 Å². The Morgan fingerprint density at radius 2 is 1.93 bits per heavy atom. The predicted molar refractivity (Wildman–Crippen MR) is 125 cm³/mol. The number of aromatic nitrogens is 2. The average Bonchev–Trinajstić information content (AvgIpc) is 3.21. The molecule has 0 aliphatic rings. The quantitative estimate of drug-likeness (QED) is 0.555. The summed E-state index contributed by atoms with van der Waals surface area (Å²) in [6, 6.07) is 16.9. The highest BCUT2D eigenvalue weighted by Crippen LogP contribution is 2.16. The summed E-state index contributed by atoms with van der Waals surface area (Å²) in [5.41, 5.74) is 4.67. The van der Waals surface area contributed by atoms with Crippen LogP contribution in [0.5, 0.6) is 0 Å². The first-order valence-corrected chi connectivity index (χ1v) is 10.3. The molecular formula is C23H29N5S. The van der Waals surface area contributed by atoms with Crippen molar-refractivity contribution in [2.24, 2.45) is 0 Å². The van der Waals surface area contributed by atoms with E-state index in [1.165, 1.54) is 16.8 Å². The number of benzene rings is 2. The van der Waals surface area contributed by atoms with E-state index in [-0.39, 0.29) is 0 Å². The van der Waals surface area contributed by atoms with Crippen molar-refractivity contribution < 1.29 is 0 Å². The standard InChI is InChI=1S/C23H29N5S/c1-19-6-4-7-21(16-19)25-23(29)28(14-5-13-27-15-12-24-18-27)17-20-8-10-22(11-9-20)26(2)3/h4,6-12,15-16,18H,5,13-14,17H2,1-3H3,(H,25,29). The maximum absolute atomic E-state index is 5.77. The average molecular weight is 408 g/mol. The van der Waals surface area contributed by atoms with E-state index < -0.39 is 0 Å². The van der Waals surface area contributed by atoms with Crippen LogP contribution in [-0.2, 0) is 13.1 Å². The molecule has 0 aliphatic heterocycles. The molecule has 0 atom stereocenters. The predicted octanol–water partition coefficient (Wildman–Crippen LogP) is 4.55. The molecule has 0 aliphatic carbocycles. The van der Waals surface area contributed by atoms with E-state index in [4.69, 9.17) is 12.2 Å². The van der Waals surface area contributed by atoms with Crippen LogP contribution in [0, 0.1) is 6.92 Å². The highest BCUT2D eigenvalue weighted by Gasteiger charge is 2.11. The van der Waals surface area contributed by atoms with Gasteiger partial charge in [-0.05, 0) is 61.0 Å². The fourth-order valence-electron chi connectivity index (χ4n) is 3.16. The summed E-state index contributed by atoms with van der Waals surface area (Å²) in [6.07, 6.45) is 6.65. The molecule has 0 saturated carbocycles. The number of hydrogen-bond donors (Lipinski definition) is 1. The van der Waals surface area contributed by atoms with E-state index in [9.17, 15) is 0 Å². The van der Waals surface area contributed by atoms with Crippen molar-refractivity contribution in [2.45, 2.75) is 26.4 Å². The van der Waals surface area contributed by atoms with Crippen LogP contribution in [0.15, 0.2) is 67.3 Å². The Hall–Kier alpha value is -2.86. The Bertz CT molecular complexity index is 903. The molecule has 0 spiro atoms. The molecule has 5 nitrogen and oxygen atoms in total. The molecule has 1 N–H and O–H groups in total. The number of thiocarbonyl (C=S) groups is 1. The summed E-state index contributed by atoms with van der Waals surface area (Å²) < 4.78 is 2.10. The molecule has 3 aromatic rings. The topological polar surface area (TPSA) is 36.3 Å². The van der Waals surface area contributed by atoms with Gasteiger partial charge in [-0.2, -0.15) is 0 Å². The summed E-state index contributed by atoms with van der Waals surface area (Å²) >= 11 is 5.77. The molecule has 1 heterocycles. The van der Waals surface area contributed by atoms with Crippen molar-refractivity contribution in [1.82, 2.24) is 14.5 Å². The molecule has 29 heavy (non-hydrogen) atoms. The summed E-state index contributed by atoms with van der Waals surface area (Å²) in [7, 11) is 4.11. The molecule has 0 fully saturated rings. The summed E-state index contributed by atoms with van der Waals surface area (Å²) in [5, 5.41) is 4.15. The minimum absolute atomic E-state index is 0.748. The Morgan fingerprint density at radius 1 is 1.14 bits per heavy atom. The van der Waals surface area contributed by atoms with E-state index in [1.807, 2.05) is 24.8 Å². The highest BCUT2D eigenvalue weighted by atomic mass is 32.1. The maximum atomic E-state index is 5.77. The van der Waals surface area contributed by atoms with Crippen LogP contribution in [0.4, 0.5) is 11.4 Å². The summed E-state index contributed by atoms with van der Waals surface area (Å²) in [6.45, 7) is 4.65. The minimum atomic E-state index is 0.748. The third kappa shape index (κ3) is 6.32. The van der Waals surface area contributed by atoms with Crippen LogP contribution >= 0.6 is 12.2 Å². The lowest BCUT2D eigenvalue weighted by Crippen LogP contribution is -2.35. The van der Waals surface area contributed by atoms with Gasteiger partial charge in [0.25, 0.3) is 0 Å². The van der Waals surface area contributed by atoms with Crippen LogP contribution in [-0.4, -0.2) is 40.2 Å². The zero-order valence-corrected chi connectivity index (χ0v) is 18.2. The lowest BCUT2D eigenvalue weighted by molar-refractivity contribution is 0.396. The van der Waals surface area contributed by atoms with Crippen LogP contribution in [0.25, 0.3) is 0 Å². The van der Waals surface area contributed by atoms with Gasteiger partial charge >= 0.3 is 0 Å². The molecule has 0 bridgehead atoms. The van der Waals surface area contributed by atoms with Gasteiger partial charge in [0, 0.05) is 57.5 Å². The first kappa shape index (κ1) is 20.9. The van der Waals surface area contributed by atoms with Gasteiger partial charge in [0.15, 0.2) is 5.11 Å². The highest BCUT2D eigenvalue weighted by molar-refractivity contribution is 7.80. The van der Waals surface area contributed by atoms with Gasteiger partial charge in [-0.25, -0.2) is 4.98 Å². The van der Waals surface area contributed by atoms with Gasteiger partial charge in [-0.3, -0.25) is 0 Å². The normalized spacial score (nSPS) is 10.6. The molecule has 1 aromatic heterocycles. The minimum Gasteiger partial charge on any atom is -0.378 e. The first-order chi connectivity index (χ1) is 14.0. The van der Waals surface area contributed by atoms with Gasteiger partial charge in [0.05, 0.1) is 6.33 Å². The number of imidazole rings is 1. The van der Waals surface area contributed by atoms with Crippen molar-refractivity contribution in [3.05, 3.63) is 78.4 Å². The van der Waals surface area contributed by atoms with Crippen LogP contribution in [0.2, 0.25) is 0 Å². The smallest absolute Gasteiger partial charge is 0.173 e. The van der Waals surface area contributed by atoms with Crippen molar-refractivity contribution >= 4 is 28.7 Å². The largest absolute Gasteiger partial charge is 0.378 e. The third-order valence-electron chi connectivity index (χ3n) is 4.79. The fraction of sp³-hybridized carbons (Fsp3) is 0.304. The third-order valence-corrected chi connectivity index (χ3v) is 5.15. The van der Waals surface area contributed by atoms with Gasteiger partial charge in [0.1, 0.15) is 0 Å². The molecular weight excluding hydrogens is 378 g/mol. The zero-order valence-electron chi connectivity index (χ0n) is 17.4. The van der Waals surface area contributed by atoms with Crippen LogP contribution in [0.3, 0.4) is 0 Å². The van der Waals surface area contributed by atoms with Gasteiger partial charge in [0.2, 0.25) is 0 Å².